The summed E-state index contributed by atoms with van der Waals surface area (Å²) >= 11 is 0. The molecule has 1 amide bonds. The lowest BCUT2D eigenvalue weighted by atomic mass is 10.0. The second kappa shape index (κ2) is 4.39. The largest absolute Gasteiger partial charge is 0.369 e. The maximum absolute atomic E-state index is 12.2. The normalized spacial score (nSPS) is 17.3. The molecule has 1 fully saturated rings. The highest BCUT2D eigenvalue weighted by atomic mass is 16.5. The van der Waals surface area contributed by atoms with E-state index in [-0.39, 0.29) is 11.4 Å². The van der Waals surface area contributed by atoms with E-state index in [1.165, 1.54) is 11.1 Å². The fourth-order valence-corrected chi connectivity index (χ4v) is 2.01. The van der Waals surface area contributed by atoms with Crippen LogP contribution in [0.3, 0.4) is 0 Å². The van der Waals surface area contributed by atoms with Crippen LogP contribution < -0.4 is 5.32 Å². The Labute approximate surface area is 109 Å². The Balaban J connectivity index is 2.17. The second-order valence-electron chi connectivity index (χ2n) is 5.62. The van der Waals surface area contributed by atoms with Crippen molar-refractivity contribution in [3.8, 4) is 0 Å². The maximum Gasteiger partial charge on any atom is 0.252 e. The molecular weight excluding hydrogens is 226 g/mol. The summed E-state index contributed by atoms with van der Waals surface area (Å²) in [5, 5.41) is 3.14. The van der Waals surface area contributed by atoms with Crippen LogP contribution in [0.4, 0.5) is 0 Å². The standard InChI is InChI=1S/C15H21NO2/c1-11-6-5-7-12(10-11)15(8-9-15)16-13(17)14(2,3)18-4/h5-7,10H,8-9H2,1-4H3,(H,16,17). The van der Waals surface area contributed by atoms with Gasteiger partial charge in [-0.05, 0) is 39.2 Å². The van der Waals surface area contributed by atoms with Gasteiger partial charge in [0.1, 0.15) is 5.60 Å². The van der Waals surface area contributed by atoms with Crippen LogP contribution in [0, 0.1) is 6.92 Å². The van der Waals surface area contributed by atoms with Gasteiger partial charge < -0.3 is 10.1 Å². The van der Waals surface area contributed by atoms with E-state index in [1.54, 1.807) is 21.0 Å². The minimum absolute atomic E-state index is 0.0518. The van der Waals surface area contributed by atoms with Gasteiger partial charge in [-0.2, -0.15) is 0 Å². The Morgan fingerprint density at radius 3 is 2.56 bits per heavy atom. The van der Waals surface area contributed by atoms with E-state index in [0.29, 0.717) is 0 Å². The molecule has 0 saturated heterocycles. The molecular formula is C15H21NO2. The molecule has 18 heavy (non-hydrogen) atoms. The first-order chi connectivity index (χ1) is 8.39. The molecule has 1 aromatic carbocycles. The number of rotatable bonds is 4. The summed E-state index contributed by atoms with van der Waals surface area (Å²) < 4.78 is 5.22. The van der Waals surface area contributed by atoms with Crippen molar-refractivity contribution >= 4 is 5.91 Å². The first-order valence-electron chi connectivity index (χ1n) is 6.34. The highest BCUT2D eigenvalue weighted by Gasteiger charge is 2.47. The van der Waals surface area contributed by atoms with Crippen molar-refractivity contribution in [1.29, 1.82) is 0 Å². The number of hydrogen-bond acceptors (Lipinski definition) is 2. The van der Waals surface area contributed by atoms with Crippen LogP contribution >= 0.6 is 0 Å². The molecule has 0 aromatic heterocycles. The average molecular weight is 247 g/mol. The Morgan fingerprint density at radius 1 is 1.39 bits per heavy atom. The van der Waals surface area contributed by atoms with Gasteiger partial charge in [0, 0.05) is 7.11 Å². The molecule has 0 aliphatic heterocycles. The SMILES string of the molecule is COC(C)(C)C(=O)NC1(c2cccc(C)c2)CC1. The van der Waals surface area contributed by atoms with Crippen molar-refractivity contribution in [2.75, 3.05) is 7.11 Å². The summed E-state index contributed by atoms with van der Waals surface area (Å²) in [5.74, 6) is -0.0518. The smallest absolute Gasteiger partial charge is 0.252 e. The lowest BCUT2D eigenvalue weighted by Gasteiger charge is -2.26. The van der Waals surface area contributed by atoms with Gasteiger partial charge in [0.2, 0.25) is 0 Å². The number of carbonyl (C=O) groups is 1. The van der Waals surface area contributed by atoms with Crippen LogP contribution in [0.2, 0.25) is 0 Å². The van der Waals surface area contributed by atoms with Crippen LogP contribution in [-0.4, -0.2) is 18.6 Å². The molecule has 1 saturated carbocycles. The summed E-state index contributed by atoms with van der Waals surface area (Å²) in [7, 11) is 1.56. The van der Waals surface area contributed by atoms with Gasteiger partial charge in [0.15, 0.2) is 0 Å². The quantitative estimate of drug-likeness (QED) is 0.888. The average Bonchev–Trinajstić information content (AvgIpc) is 3.10. The summed E-state index contributed by atoms with van der Waals surface area (Å²) in [6.45, 7) is 5.64. The minimum atomic E-state index is -0.778. The van der Waals surface area contributed by atoms with E-state index in [1.807, 2.05) is 6.07 Å². The fourth-order valence-electron chi connectivity index (χ4n) is 2.01. The Hall–Kier alpha value is -1.35. The summed E-state index contributed by atoms with van der Waals surface area (Å²) in [6, 6.07) is 8.34. The molecule has 0 unspecified atom stereocenters. The molecule has 0 radical (unpaired) electrons. The monoisotopic (exact) mass is 247 g/mol. The number of hydrogen-bond donors (Lipinski definition) is 1. The molecule has 1 N–H and O–H groups in total. The fraction of sp³-hybridized carbons (Fsp3) is 0.533. The molecule has 3 nitrogen and oxygen atoms in total. The predicted octanol–water partition coefficient (Wildman–Crippen LogP) is 2.53. The highest BCUT2D eigenvalue weighted by Crippen LogP contribution is 2.46. The Bertz CT molecular complexity index is 461. The summed E-state index contributed by atoms with van der Waals surface area (Å²) in [5.41, 5.74) is 1.47. The van der Waals surface area contributed by atoms with E-state index in [9.17, 15) is 4.79 Å². The van der Waals surface area contributed by atoms with Crippen LogP contribution in [0.5, 0.6) is 0 Å². The van der Waals surface area contributed by atoms with Crippen molar-refractivity contribution in [2.45, 2.75) is 44.8 Å². The molecule has 0 heterocycles. The molecule has 0 atom stereocenters. The van der Waals surface area contributed by atoms with E-state index in [4.69, 9.17) is 4.74 Å². The Kier molecular flexibility index (Phi) is 3.20. The van der Waals surface area contributed by atoms with Gasteiger partial charge in [0.05, 0.1) is 5.54 Å². The molecule has 98 valence electrons. The molecule has 1 aliphatic rings. The molecule has 0 bridgehead atoms. The number of aryl methyl sites for hydroxylation is 1. The Morgan fingerprint density at radius 2 is 2.06 bits per heavy atom. The van der Waals surface area contributed by atoms with E-state index < -0.39 is 5.60 Å². The number of benzene rings is 1. The topological polar surface area (TPSA) is 38.3 Å². The predicted molar refractivity (Wildman–Crippen MR) is 71.3 cm³/mol. The van der Waals surface area contributed by atoms with Gasteiger partial charge in [-0.15, -0.1) is 0 Å². The zero-order valence-corrected chi connectivity index (χ0v) is 11.5. The second-order valence-corrected chi connectivity index (χ2v) is 5.62. The van der Waals surface area contributed by atoms with Crippen LogP contribution in [-0.2, 0) is 15.1 Å². The summed E-state index contributed by atoms with van der Waals surface area (Å²) in [4.78, 5) is 12.2. The number of ether oxygens (including phenoxy) is 1. The van der Waals surface area contributed by atoms with Crippen LogP contribution in [0.25, 0.3) is 0 Å². The molecule has 1 aromatic rings. The highest BCUT2D eigenvalue weighted by molar-refractivity contribution is 5.85. The molecule has 0 spiro atoms. The van der Waals surface area contributed by atoms with Gasteiger partial charge in [0.25, 0.3) is 5.91 Å². The van der Waals surface area contributed by atoms with E-state index in [2.05, 4.69) is 30.4 Å². The number of methoxy groups -OCH3 is 1. The molecule has 2 rings (SSSR count). The van der Waals surface area contributed by atoms with Gasteiger partial charge in [-0.1, -0.05) is 29.8 Å². The van der Waals surface area contributed by atoms with Gasteiger partial charge >= 0.3 is 0 Å². The third-order valence-electron chi connectivity index (χ3n) is 3.73. The number of nitrogens with one attached hydrogen (secondary N) is 1. The van der Waals surface area contributed by atoms with Crippen molar-refractivity contribution in [2.24, 2.45) is 0 Å². The van der Waals surface area contributed by atoms with Crippen molar-refractivity contribution in [3.63, 3.8) is 0 Å². The molecule has 3 heteroatoms. The lowest BCUT2D eigenvalue weighted by molar-refractivity contribution is -0.140. The maximum atomic E-state index is 12.2. The summed E-state index contributed by atoms with van der Waals surface area (Å²) in [6.07, 6.45) is 2.00. The zero-order valence-electron chi connectivity index (χ0n) is 11.5. The number of amides is 1. The molecule has 1 aliphatic carbocycles. The zero-order chi connectivity index (χ0) is 13.4. The van der Waals surface area contributed by atoms with E-state index in [0.717, 1.165) is 12.8 Å². The van der Waals surface area contributed by atoms with Crippen molar-refractivity contribution < 1.29 is 9.53 Å². The van der Waals surface area contributed by atoms with Crippen molar-refractivity contribution in [1.82, 2.24) is 5.32 Å². The van der Waals surface area contributed by atoms with Gasteiger partial charge in [-0.3, -0.25) is 4.79 Å². The van der Waals surface area contributed by atoms with Gasteiger partial charge in [-0.25, -0.2) is 0 Å². The first-order valence-corrected chi connectivity index (χ1v) is 6.34. The lowest BCUT2D eigenvalue weighted by Crippen LogP contribution is -2.48. The first kappa shape index (κ1) is 13.1. The number of carbonyl (C=O) groups excluding carboxylic acids is 1. The van der Waals surface area contributed by atoms with Crippen molar-refractivity contribution in [3.05, 3.63) is 35.4 Å². The minimum Gasteiger partial charge on any atom is -0.369 e. The third kappa shape index (κ3) is 2.41. The third-order valence-corrected chi connectivity index (χ3v) is 3.73. The van der Waals surface area contributed by atoms with E-state index >= 15 is 0 Å². The van der Waals surface area contributed by atoms with Crippen LogP contribution in [0.1, 0.15) is 37.8 Å². The van der Waals surface area contributed by atoms with Crippen LogP contribution in [0.15, 0.2) is 24.3 Å².